The SMILES string of the molecule is CC(=O)c1cc(CN)c(O)c2c1C[C@@H]1C[C@@H]3[C@@H](N(C)C)C(=O)C(C(N)=O)=C(O)[C@]3(O)C(=O)C1=C2O. The van der Waals surface area contributed by atoms with Gasteiger partial charge in [-0.1, -0.05) is 0 Å². The van der Waals surface area contributed by atoms with Crippen molar-refractivity contribution in [3.63, 3.8) is 0 Å². The van der Waals surface area contributed by atoms with Gasteiger partial charge in [-0.15, -0.1) is 0 Å². The van der Waals surface area contributed by atoms with Crippen molar-refractivity contribution in [2.45, 2.75) is 38.0 Å². The van der Waals surface area contributed by atoms with Crippen molar-refractivity contribution in [1.29, 1.82) is 0 Å². The number of fused-ring (bicyclic) bond motifs is 3. The zero-order chi connectivity index (χ0) is 26.1. The van der Waals surface area contributed by atoms with Crippen LogP contribution in [0.2, 0.25) is 0 Å². The molecule has 1 aromatic rings. The average molecular weight is 485 g/mol. The summed E-state index contributed by atoms with van der Waals surface area (Å²) in [7, 11) is 3.04. The largest absolute Gasteiger partial charge is 0.508 e. The molecule has 0 spiro atoms. The number of carbonyl (C=O) groups excluding carboxylic acids is 4. The van der Waals surface area contributed by atoms with Crippen molar-refractivity contribution in [2.24, 2.45) is 23.3 Å². The molecule has 11 nitrogen and oxygen atoms in total. The lowest BCUT2D eigenvalue weighted by atomic mass is 9.57. The molecule has 0 radical (unpaired) electrons. The topological polar surface area (TPSA) is 204 Å². The third-order valence-electron chi connectivity index (χ3n) is 7.40. The van der Waals surface area contributed by atoms with Crippen molar-refractivity contribution in [3.8, 4) is 5.75 Å². The predicted molar refractivity (Wildman–Crippen MR) is 122 cm³/mol. The van der Waals surface area contributed by atoms with Crippen LogP contribution in [-0.2, 0) is 27.3 Å². The van der Waals surface area contributed by atoms with Crippen molar-refractivity contribution in [2.75, 3.05) is 14.1 Å². The van der Waals surface area contributed by atoms with Crippen LogP contribution < -0.4 is 11.5 Å². The van der Waals surface area contributed by atoms with Crippen LogP contribution in [0.25, 0.3) is 5.76 Å². The summed E-state index contributed by atoms with van der Waals surface area (Å²) in [5.74, 6) is -7.72. The summed E-state index contributed by atoms with van der Waals surface area (Å²) in [6.45, 7) is 1.17. The Hall–Kier alpha value is -3.54. The number of primary amides is 1. The van der Waals surface area contributed by atoms with E-state index < -0.39 is 63.8 Å². The molecule has 0 heterocycles. The minimum atomic E-state index is -2.71. The minimum absolute atomic E-state index is 0.0435. The molecule has 3 aliphatic rings. The van der Waals surface area contributed by atoms with Crippen molar-refractivity contribution < 1.29 is 39.6 Å². The normalized spacial score (nSPS) is 28.1. The van der Waals surface area contributed by atoms with E-state index >= 15 is 0 Å². The fourth-order valence-electron chi connectivity index (χ4n) is 5.84. The smallest absolute Gasteiger partial charge is 0.255 e. The molecule has 0 unspecified atom stereocenters. The highest BCUT2D eigenvalue weighted by Gasteiger charge is 2.64. The van der Waals surface area contributed by atoms with Gasteiger partial charge in [-0.3, -0.25) is 24.1 Å². The highest BCUT2D eigenvalue weighted by atomic mass is 16.3. The van der Waals surface area contributed by atoms with E-state index in [0.29, 0.717) is 5.56 Å². The number of aromatic hydroxyl groups is 1. The van der Waals surface area contributed by atoms with Crippen LogP contribution in [-0.4, -0.2) is 74.3 Å². The van der Waals surface area contributed by atoms with Crippen molar-refractivity contribution in [1.82, 2.24) is 4.90 Å². The third kappa shape index (κ3) is 3.15. The molecule has 4 rings (SSSR count). The van der Waals surface area contributed by atoms with Gasteiger partial charge in [-0.05, 0) is 51.4 Å². The summed E-state index contributed by atoms with van der Waals surface area (Å²) < 4.78 is 0. The third-order valence-corrected chi connectivity index (χ3v) is 7.40. The van der Waals surface area contributed by atoms with E-state index in [4.69, 9.17) is 11.5 Å². The van der Waals surface area contributed by atoms with E-state index in [0.717, 1.165) is 0 Å². The number of likely N-dealkylation sites (N-methyl/N-ethyl adjacent to an activating group) is 1. The van der Waals surface area contributed by atoms with Gasteiger partial charge in [0.2, 0.25) is 5.78 Å². The number of ketones is 3. The lowest BCUT2D eigenvalue weighted by molar-refractivity contribution is -0.153. The van der Waals surface area contributed by atoms with Gasteiger partial charge in [0.05, 0.1) is 11.6 Å². The number of Topliss-reactive ketones (excluding diaryl/α,β-unsaturated/α-hetero) is 3. The molecule has 0 aromatic heterocycles. The number of benzene rings is 1. The molecule has 0 bridgehead atoms. The van der Waals surface area contributed by atoms with E-state index in [1.807, 2.05) is 0 Å². The Balaban J connectivity index is 2.02. The Kier molecular flexibility index (Phi) is 5.62. The van der Waals surface area contributed by atoms with Gasteiger partial charge in [0.1, 0.15) is 22.8 Å². The maximum Gasteiger partial charge on any atom is 0.255 e. The fourth-order valence-corrected chi connectivity index (χ4v) is 5.84. The number of phenolic OH excluding ortho intramolecular Hbond substituents is 1. The second kappa shape index (κ2) is 8.01. The van der Waals surface area contributed by atoms with Gasteiger partial charge in [0.15, 0.2) is 17.2 Å². The van der Waals surface area contributed by atoms with Crippen LogP contribution in [0.1, 0.15) is 40.4 Å². The Morgan fingerprint density at radius 3 is 2.34 bits per heavy atom. The van der Waals surface area contributed by atoms with Gasteiger partial charge in [0, 0.05) is 29.2 Å². The molecule has 0 aliphatic heterocycles. The number of carbonyl (C=O) groups is 4. The van der Waals surface area contributed by atoms with Gasteiger partial charge in [0.25, 0.3) is 5.91 Å². The number of nitrogens with two attached hydrogens (primary N) is 2. The number of aliphatic hydroxyl groups is 3. The molecule has 1 fully saturated rings. The molecule has 1 amide bonds. The second-order valence-corrected chi connectivity index (χ2v) is 9.51. The monoisotopic (exact) mass is 485 g/mol. The first-order valence-corrected chi connectivity index (χ1v) is 11.0. The standard InChI is InChI=1S/C24H27N3O8/c1-8(28)11-5-10(7-25)18(29)15-12(11)4-9-6-13-17(27(2)3)20(31)16(23(26)34)22(33)24(13,35)21(32)14(9)19(15)30/h5,9,13,17,29-30,33,35H,4,6-7,25H2,1-3H3,(H2,26,34)/t9-,13-,17-,24-/m1/s1. The first kappa shape index (κ1) is 24.6. The van der Waals surface area contributed by atoms with Gasteiger partial charge < -0.3 is 31.9 Å². The quantitative estimate of drug-likeness (QED) is 0.241. The zero-order valence-electron chi connectivity index (χ0n) is 19.5. The number of nitrogens with zero attached hydrogens (tertiary/aromatic N) is 1. The van der Waals surface area contributed by atoms with Crippen molar-refractivity contribution >= 4 is 29.0 Å². The summed E-state index contributed by atoms with van der Waals surface area (Å²) >= 11 is 0. The lowest BCUT2D eigenvalue weighted by Gasteiger charge is -2.50. The summed E-state index contributed by atoms with van der Waals surface area (Å²) in [6.07, 6.45) is -0.00955. The van der Waals surface area contributed by atoms with Crippen LogP contribution in [0.15, 0.2) is 23.0 Å². The summed E-state index contributed by atoms with van der Waals surface area (Å²) in [6, 6.07) is 0.267. The van der Waals surface area contributed by atoms with Crippen LogP contribution in [0.5, 0.6) is 5.75 Å². The van der Waals surface area contributed by atoms with E-state index in [-0.39, 0.29) is 47.4 Å². The average Bonchev–Trinajstić information content (AvgIpc) is 2.75. The number of rotatable bonds is 4. The minimum Gasteiger partial charge on any atom is -0.508 e. The molecule has 4 atom stereocenters. The second-order valence-electron chi connectivity index (χ2n) is 9.51. The zero-order valence-corrected chi connectivity index (χ0v) is 19.5. The summed E-state index contributed by atoms with van der Waals surface area (Å²) in [5.41, 5.74) is 7.69. The lowest BCUT2D eigenvalue weighted by Crippen LogP contribution is -2.65. The maximum atomic E-state index is 13.8. The van der Waals surface area contributed by atoms with Crippen LogP contribution in [0, 0.1) is 11.8 Å². The number of phenols is 1. The van der Waals surface area contributed by atoms with Gasteiger partial charge >= 0.3 is 0 Å². The van der Waals surface area contributed by atoms with Gasteiger partial charge in [-0.2, -0.15) is 0 Å². The van der Waals surface area contributed by atoms with E-state index in [1.165, 1.54) is 32.0 Å². The Bertz CT molecular complexity index is 1280. The first-order chi connectivity index (χ1) is 16.3. The molecule has 1 saturated carbocycles. The van der Waals surface area contributed by atoms with Crippen LogP contribution in [0.3, 0.4) is 0 Å². The molecular formula is C24H27N3O8. The molecule has 3 aliphatic carbocycles. The molecule has 0 saturated heterocycles. The molecule has 35 heavy (non-hydrogen) atoms. The van der Waals surface area contributed by atoms with Crippen LogP contribution >= 0.6 is 0 Å². The van der Waals surface area contributed by atoms with Crippen LogP contribution in [0.4, 0.5) is 0 Å². The molecule has 1 aromatic carbocycles. The Labute approximate surface area is 200 Å². The first-order valence-electron chi connectivity index (χ1n) is 11.0. The molecule has 186 valence electrons. The Morgan fingerprint density at radius 1 is 1.20 bits per heavy atom. The summed E-state index contributed by atoms with van der Waals surface area (Å²) in [5, 5.41) is 44.4. The highest BCUT2D eigenvalue weighted by molar-refractivity contribution is 6.24. The molecule has 11 heteroatoms. The molecular weight excluding hydrogens is 458 g/mol. The van der Waals surface area contributed by atoms with E-state index in [1.54, 1.807) is 0 Å². The summed E-state index contributed by atoms with van der Waals surface area (Å²) in [4.78, 5) is 52.6. The number of hydrogen-bond donors (Lipinski definition) is 6. The Morgan fingerprint density at radius 2 is 1.83 bits per heavy atom. The highest BCUT2D eigenvalue weighted by Crippen LogP contribution is 2.53. The van der Waals surface area contributed by atoms with Crippen molar-refractivity contribution in [3.05, 3.63) is 45.2 Å². The predicted octanol–water partition coefficient (Wildman–Crippen LogP) is -0.375. The fraction of sp³-hybridized carbons (Fsp3) is 0.417. The molecule has 8 N–H and O–H groups in total. The number of aliphatic hydroxyl groups excluding tert-OH is 2. The number of hydrogen-bond acceptors (Lipinski definition) is 10. The van der Waals surface area contributed by atoms with Gasteiger partial charge in [-0.25, -0.2) is 0 Å². The van der Waals surface area contributed by atoms with E-state index in [9.17, 15) is 39.6 Å². The van der Waals surface area contributed by atoms with E-state index in [2.05, 4.69) is 0 Å². The number of amides is 1. The maximum absolute atomic E-state index is 13.8.